The quantitative estimate of drug-likeness (QED) is 0.659. The van der Waals surface area contributed by atoms with Gasteiger partial charge in [0, 0.05) is 16.3 Å². The van der Waals surface area contributed by atoms with Crippen molar-refractivity contribution in [2.24, 2.45) is 0 Å². The maximum Gasteiger partial charge on any atom is 0.416 e. The number of amides is 1. The van der Waals surface area contributed by atoms with E-state index in [9.17, 15) is 35.5 Å². The van der Waals surface area contributed by atoms with Crippen molar-refractivity contribution in [2.45, 2.75) is 18.8 Å². The monoisotopic (exact) mass is 399 g/mol. The third-order valence-electron chi connectivity index (χ3n) is 3.27. The lowest BCUT2D eigenvalue weighted by Crippen LogP contribution is -2.18. The Morgan fingerprint density at radius 1 is 0.962 bits per heavy atom. The van der Waals surface area contributed by atoms with E-state index in [2.05, 4.69) is 0 Å². The lowest BCUT2D eigenvalue weighted by molar-refractivity contribution is -0.143. The van der Waals surface area contributed by atoms with Crippen LogP contribution in [-0.4, -0.2) is 5.91 Å². The van der Waals surface area contributed by atoms with Crippen LogP contribution in [0.4, 0.5) is 36.4 Å². The number of carbonyl (C=O) groups is 1. The van der Waals surface area contributed by atoms with Crippen LogP contribution in [0.5, 0.6) is 0 Å². The minimum atomic E-state index is -5.05. The molecule has 1 N–H and O–H groups in total. The maximum absolute atomic E-state index is 13.6. The highest BCUT2D eigenvalue weighted by Gasteiger charge is 2.37. The average molecular weight is 400 g/mol. The molecule has 10 heteroatoms. The number of anilines is 1. The molecule has 0 spiro atoms. The summed E-state index contributed by atoms with van der Waals surface area (Å²) in [6.45, 7) is 0. The van der Waals surface area contributed by atoms with Crippen LogP contribution in [0.25, 0.3) is 0 Å². The molecule has 140 valence electrons. The molecule has 0 bridgehead atoms. The molecule has 0 saturated heterocycles. The van der Waals surface area contributed by atoms with E-state index in [1.807, 2.05) is 5.32 Å². The molecule has 0 atom stereocenters. The lowest BCUT2D eigenvalue weighted by atomic mass is 10.1. The largest absolute Gasteiger partial charge is 0.416 e. The molecule has 0 unspecified atom stereocenters. The minimum absolute atomic E-state index is 0.0661. The van der Waals surface area contributed by atoms with Crippen LogP contribution < -0.4 is 5.32 Å². The molecule has 0 aliphatic heterocycles. The van der Waals surface area contributed by atoms with E-state index in [0.29, 0.717) is 12.1 Å². The Kier molecular flexibility index (Phi) is 5.50. The summed E-state index contributed by atoms with van der Waals surface area (Å²) in [5, 5.41) is 1.81. The van der Waals surface area contributed by atoms with Gasteiger partial charge in [-0.2, -0.15) is 26.3 Å². The number of carbonyl (C=O) groups excluding carboxylic acids is 1. The third kappa shape index (κ3) is 4.87. The number of hydrogen-bond acceptors (Lipinski definition) is 1. The summed E-state index contributed by atoms with van der Waals surface area (Å²) >= 11 is 5.73. The predicted molar refractivity (Wildman–Crippen MR) is 80.2 cm³/mol. The third-order valence-corrected chi connectivity index (χ3v) is 3.62. The van der Waals surface area contributed by atoms with E-state index in [1.165, 1.54) is 12.1 Å². The molecule has 2 rings (SSSR count). The van der Waals surface area contributed by atoms with Gasteiger partial charge in [0.1, 0.15) is 5.82 Å². The molecule has 2 aromatic carbocycles. The standard InChI is InChI=1S/C16H9ClF7NO/c17-12-2-1-3-13(18)11(12)7-14(26)25-10-5-8(15(19,20)21)4-9(6-10)16(22,23)24/h1-6H,7H2,(H,25,26). The highest BCUT2D eigenvalue weighted by molar-refractivity contribution is 6.31. The molecule has 0 aromatic heterocycles. The van der Waals surface area contributed by atoms with Crippen LogP contribution >= 0.6 is 11.6 Å². The van der Waals surface area contributed by atoms with E-state index in [4.69, 9.17) is 11.6 Å². The average Bonchev–Trinajstić information content (AvgIpc) is 2.49. The summed E-state index contributed by atoms with van der Waals surface area (Å²) in [6.07, 6.45) is -10.8. The van der Waals surface area contributed by atoms with Crippen LogP contribution in [0.2, 0.25) is 5.02 Å². The normalized spacial score (nSPS) is 12.2. The molecular formula is C16H9ClF7NO. The zero-order valence-electron chi connectivity index (χ0n) is 12.6. The fraction of sp³-hybridized carbons (Fsp3) is 0.188. The minimum Gasteiger partial charge on any atom is -0.326 e. The summed E-state index contributed by atoms with van der Waals surface area (Å²) in [5.41, 5.74) is -4.10. The Labute approximate surface area is 147 Å². The summed E-state index contributed by atoms with van der Waals surface area (Å²) < 4.78 is 90.3. The van der Waals surface area contributed by atoms with E-state index in [-0.39, 0.29) is 16.7 Å². The smallest absolute Gasteiger partial charge is 0.326 e. The molecule has 0 fully saturated rings. The first-order valence-corrected chi connectivity index (χ1v) is 7.28. The van der Waals surface area contributed by atoms with Crippen LogP contribution in [0, 0.1) is 5.82 Å². The fourth-order valence-corrected chi connectivity index (χ4v) is 2.32. The molecule has 2 aromatic rings. The Hall–Kier alpha value is -2.29. The van der Waals surface area contributed by atoms with E-state index in [1.54, 1.807) is 0 Å². The first-order chi connectivity index (χ1) is 11.9. The van der Waals surface area contributed by atoms with Gasteiger partial charge >= 0.3 is 12.4 Å². The van der Waals surface area contributed by atoms with Crippen molar-refractivity contribution in [1.82, 2.24) is 0 Å². The number of nitrogens with one attached hydrogen (secondary N) is 1. The van der Waals surface area contributed by atoms with Crippen LogP contribution in [0.15, 0.2) is 36.4 Å². The van der Waals surface area contributed by atoms with Crippen molar-refractivity contribution < 1.29 is 35.5 Å². The van der Waals surface area contributed by atoms with Crippen molar-refractivity contribution in [2.75, 3.05) is 5.32 Å². The Morgan fingerprint density at radius 3 is 1.96 bits per heavy atom. The van der Waals surface area contributed by atoms with Gasteiger partial charge < -0.3 is 5.32 Å². The highest BCUT2D eigenvalue weighted by Crippen LogP contribution is 2.37. The Balaban J connectivity index is 2.32. The zero-order valence-corrected chi connectivity index (χ0v) is 13.4. The molecule has 26 heavy (non-hydrogen) atoms. The van der Waals surface area contributed by atoms with Crippen LogP contribution in [-0.2, 0) is 23.6 Å². The summed E-state index contributed by atoms with van der Waals surface area (Å²) in [6, 6.07) is 4.23. The second kappa shape index (κ2) is 7.14. The van der Waals surface area contributed by atoms with Gasteiger partial charge in [-0.25, -0.2) is 4.39 Å². The molecule has 0 radical (unpaired) electrons. The summed E-state index contributed by atoms with van der Waals surface area (Å²) in [7, 11) is 0. The SMILES string of the molecule is O=C(Cc1c(F)cccc1Cl)Nc1cc(C(F)(F)F)cc(C(F)(F)F)c1. The second-order valence-electron chi connectivity index (χ2n) is 5.22. The first-order valence-electron chi connectivity index (χ1n) is 6.90. The first kappa shape index (κ1) is 20.0. The number of hydrogen-bond donors (Lipinski definition) is 1. The van der Waals surface area contributed by atoms with E-state index >= 15 is 0 Å². The van der Waals surface area contributed by atoms with E-state index in [0.717, 1.165) is 6.07 Å². The Morgan fingerprint density at radius 2 is 1.50 bits per heavy atom. The van der Waals surface area contributed by atoms with Crippen molar-refractivity contribution in [3.63, 3.8) is 0 Å². The van der Waals surface area contributed by atoms with Gasteiger partial charge in [0.2, 0.25) is 5.91 Å². The zero-order chi connectivity index (χ0) is 19.7. The van der Waals surface area contributed by atoms with Gasteiger partial charge in [-0.3, -0.25) is 4.79 Å². The predicted octanol–water partition coefficient (Wildman–Crippen LogP) is 5.70. The van der Waals surface area contributed by atoms with Gasteiger partial charge in [0.25, 0.3) is 0 Å². The van der Waals surface area contributed by atoms with Crippen molar-refractivity contribution >= 4 is 23.2 Å². The van der Waals surface area contributed by atoms with Crippen molar-refractivity contribution in [3.8, 4) is 0 Å². The van der Waals surface area contributed by atoms with Gasteiger partial charge in [-0.05, 0) is 30.3 Å². The number of alkyl halides is 6. The Bertz CT molecular complexity index is 778. The summed E-state index contributed by atoms with van der Waals surface area (Å²) in [4.78, 5) is 11.9. The lowest BCUT2D eigenvalue weighted by Gasteiger charge is -2.15. The molecule has 0 heterocycles. The second-order valence-corrected chi connectivity index (χ2v) is 5.63. The van der Waals surface area contributed by atoms with Crippen molar-refractivity contribution in [1.29, 1.82) is 0 Å². The highest BCUT2D eigenvalue weighted by atomic mass is 35.5. The van der Waals surface area contributed by atoms with Gasteiger partial charge in [-0.15, -0.1) is 0 Å². The molecule has 0 saturated carbocycles. The fourth-order valence-electron chi connectivity index (χ4n) is 2.09. The summed E-state index contributed by atoms with van der Waals surface area (Å²) in [5.74, 6) is -1.85. The maximum atomic E-state index is 13.6. The van der Waals surface area contributed by atoms with Gasteiger partial charge in [-0.1, -0.05) is 17.7 Å². The molecule has 1 amide bonds. The van der Waals surface area contributed by atoms with Crippen molar-refractivity contribution in [3.05, 3.63) is 63.9 Å². The number of halogens is 8. The van der Waals surface area contributed by atoms with Crippen LogP contribution in [0.3, 0.4) is 0 Å². The molecule has 0 aliphatic rings. The van der Waals surface area contributed by atoms with E-state index < -0.39 is 47.3 Å². The van der Waals surface area contributed by atoms with Gasteiger partial charge in [0.05, 0.1) is 17.5 Å². The number of rotatable bonds is 3. The topological polar surface area (TPSA) is 29.1 Å². The van der Waals surface area contributed by atoms with Gasteiger partial charge in [0.15, 0.2) is 0 Å². The molecule has 2 nitrogen and oxygen atoms in total. The molecule has 0 aliphatic carbocycles. The molecular weight excluding hydrogens is 391 g/mol. The number of benzene rings is 2. The van der Waals surface area contributed by atoms with Crippen LogP contribution in [0.1, 0.15) is 16.7 Å².